The van der Waals surface area contributed by atoms with Crippen LogP contribution in [-0.4, -0.2) is 31.7 Å². The van der Waals surface area contributed by atoms with Gasteiger partial charge in [-0.25, -0.2) is 4.79 Å². The van der Waals surface area contributed by atoms with Gasteiger partial charge in [-0.05, 0) is 18.2 Å². The summed E-state index contributed by atoms with van der Waals surface area (Å²) >= 11 is 11.6. The molecule has 1 aliphatic heterocycles. The molecule has 0 bridgehead atoms. The van der Waals surface area contributed by atoms with E-state index < -0.39 is 18.5 Å². The van der Waals surface area contributed by atoms with E-state index in [1.165, 1.54) is 18.2 Å². The van der Waals surface area contributed by atoms with Crippen LogP contribution in [0.3, 0.4) is 0 Å². The summed E-state index contributed by atoms with van der Waals surface area (Å²) in [4.78, 5) is 23.2. The van der Waals surface area contributed by atoms with Gasteiger partial charge in [-0.1, -0.05) is 23.2 Å². The molecule has 8 heteroatoms. The Balaban J connectivity index is 1.84. The number of hydrogen-bond donors (Lipinski definition) is 1. The average Bonchev–Trinajstić information content (AvgIpc) is 2.44. The van der Waals surface area contributed by atoms with Gasteiger partial charge in [0.2, 0.25) is 5.76 Å². The van der Waals surface area contributed by atoms with Gasteiger partial charge < -0.3 is 19.5 Å². The fourth-order valence-electron chi connectivity index (χ4n) is 1.50. The van der Waals surface area contributed by atoms with Crippen LogP contribution in [0.5, 0.6) is 0 Å². The smallest absolute Gasteiger partial charge is 0.377 e. The molecular formula is C13H11Cl2NO5. The maximum absolute atomic E-state index is 11.7. The molecule has 1 aromatic carbocycles. The van der Waals surface area contributed by atoms with Crippen LogP contribution in [0.4, 0.5) is 5.69 Å². The summed E-state index contributed by atoms with van der Waals surface area (Å²) in [5.41, 5.74) is 0.407. The number of carbonyl (C=O) groups is 2. The van der Waals surface area contributed by atoms with E-state index in [-0.39, 0.29) is 12.4 Å². The second-order valence-electron chi connectivity index (χ2n) is 3.98. The van der Waals surface area contributed by atoms with Gasteiger partial charge >= 0.3 is 5.97 Å². The van der Waals surface area contributed by atoms with Gasteiger partial charge in [-0.2, -0.15) is 0 Å². The summed E-state index contributed by atoms with van der Waals surface area (Å²) in [7, 11) is 0. The van der Waals surface area contributed by atoms with E-state index in [4.69, 9.17) is 37.4 Å². The predicted molar refractivity (Wildman–Crippen MR) is 76.0 cm³/mol. The molecule has 21 heavy (non-hydrogen) atoms. The fourth-order valence-corrected chi connectivity index (χ4v) is 2.03. The summed E-state index contributed by atoms with van der Waals surface area (Å²) < 4.78 is 14.7. The van der Waals surface area contributed by atoms with Crippen molar-refractivity contribution in [3.63, 3.8) is 0 Å². The Bertz CT molecular complexity index is 568. The number of esters is 1. The van der Waals surface area contributed by atoms with Gasteiger partial charge in [0.05, 0.1) is 0 Å². The highest BCUT2D eigenvalue weighted by Crippen LogP contribution is 2.22. The van der Waals surface area contributed by atoms with E-state index in [0.717, 1.165) is 6.26 Å². The minimum absolute atomic E-state index is 0.0696. The average molecular weight is 332 g/mol. The number of rotatable bonds is 4. The lowest BCUT2D eigenvalue weighted by Crippen LogP contribution is -2.23. The number of halogens is 2. The largest absolute Gasteiger partial charge is 0.493 e. The van der Waals surface area contributed by atoms with E-state index in [1.807, 2.05) is 0 Å². The van der Waals surface area contributed by atoms with Gasteiger partial charge in [-0.15, -0.1) is 0 Å². The molecule has 1 heterocycles. The SMILES string of the molecule is O=C(COC(=O)C1=COCCO1)Nc1cc(Cl)cc(Cl)c1. The number of nitrogens with one attached hydrogen (secondary N) is 1. The molecule has 0 aromatic heterocycles. The zero-order valence-electron chi connectivity index (χ0n) is 10.7. The molecule has 0 fully saturated rings. The van der Waals surface area contributed by atoms with Crippen molar-refractivity contribution in [2.75, 3.05) is 25.1 Å². The van der Waals surface area contributed by atoms with Crippen LogP contribution in [-0.2, 0) is 23.8 Å². The number of carbonyl (C=O) groups excluding carboxylic acids is 2. The summed E-state index contributed by atoms with van der Waals surface area (Å²) in [6.07, 6.45) is 1.15. The molecule has 112 valence electrons. The Kier molecular flexibility index (Phi) is 5.30. The van der Waals surface area contributed by atoms with E-state index in [1.54, 1.807) is 0 Å². The van der Waals surface area contributed by atoms with Gasteiger partial charge in [0.15, 0.2) is 6.61 Å². The van der Waals surface area contributed by atoms with Crippen molar-refractivity contribution in [2.24, 2.45) is 0 Å². The number of anilines is 1. The van der Waals surface area contributed by atoms with Crippen LogP contribution < -0.4 is 5.32 Å². The molecule has 0 atom stereocenters. The number of ether oxygens (including phenoxy) is 3. The third-order valence-corrected chi connectivity index (χ3v) is 2.77. The van der Waals surface area contributed by atoms with Gasteiger partial charge in [-0.3, -0.25) is 4.79 Å². The monoisotopic (exact) mass is 331 g/mol. The molecule has 0 saturated heterocycles. The maximum atomic E-state index is 11.7. The lowest BCUT2D eigenvalue weighted by atomic mass is 10.3. The Labute approximate surface area is 130 Å². The quantitative estimate of drug-likeness (QED) is 0.857. The molecule has 0 spiro atoms. The normalized spacial score (nSPS) is 13.5. The first kappa shape index (κ1) is 15.5. The Morgan fingerprint density at radius 3 is 2.52 bits per heavy atom. The van der Waals surface area contributed by atoms with Crippen LogP contribution in [0.1, 0.15) is 0 Å². The first-order valence-corrected chi connectivity index (χ1v) is 6.68. The molecule has 0 saturated carbocycles. The summed E-state index contributed by atoms with van der Waals surface area (Å²) in [6, 6.07) is 4.58. The summed E-state index contributed by atoms with van der Waals surface area (Å²) in [6.45, 7) is 0.157. The summed E-state index contributed by atoms with van der Waals surface area (Å²) in [5, 5.41) is 3.27. The van der Waals surface area contributed by atoms with Gasteiger partial charge in [0, 0.05) is 15.7 Å². The van der Waals surface area contributed by atoms with Crippen molar-refractivity contribution in [1.29, 1.82) is 0 Å². The minimum Gasteiger partial charge on any atom is -0.493 e. The van der Waals surface area contributed by atoms with E-state index in [9.17, 15) is 9.59 Å². The third-order valence-electron chi connectivity index (χ3n) is 2.33. The Hall–Kier alpha value is -1.92. The second kappa shape index (κ2) is 7.19. The van der Waals surface area contributed by atoms with Crippen molar-refractivity contribution >= 4 is 40.8 Å². The predicted octanol–water partition coefficient (Wildman–Crippen LogP) is 2.36. The Morgan fingerprint density at radius 1 is 1.19 bits per heavy atom. The topological polar surface area (TPSA) is 73.9 Å². The Morgan fingerprint density at radius 2 is 1.90 bits per heavy atom. The number of benzene rings is 1. The number of amides is 1. The number of hydrogen-bond acceptors (Lipinski definition) is 5. The fraction of sp³-hybridized carbons (Fsp3) is 0.231. The molecule has 1 N–H and O–H groups in total. The zero-order valence-corrected chi connectivity index (χ0v) is 12.2. The molecular weight excluding hydrogens is 321 g/mol. The van der Waals surface area contributed by atoms with E-state index in [2.05, 4.69) is 5.32 Å². The van der Waals surface area contributed by atoms with Crippen LogP contribution in [0, 0.1) is 0 Å². The van der Waals surface area contributed by atoms with E-state index in [0.29, 0.717) is 22.3 Å². The van der Waals surface area contributed by atoms with Crippen LogP contribution in [0.15, 0.2) is 30.2 Å². The molecule has 1 amide bonds. The van der Waals surface area contributed by atoms with Crippen LogP contribution >= 0.6 is 23.2 Å². The van der Waals surface area contributed by atoms with Crippen LogP contribution in [0.25, 0.3) is 0 Å². The third kappa shape index (κ3) is 4.84. The van der Waals surface area contributed by atoms with Crippen molar-refractivity contribution in [2.45, 2.75) is 0 Å². The molecule has 2 rings (SSSR count). The minimum atomic E-state index is -0.769. The van der Waals surface area contributed by atoms with Gasteiger partial charge in [0.1, 0.15) is 19.5 Å². The first-order chi connectivity index (χ1) is 10.0. The van der Waals surface area contributed by atoms with E-state index >= 15 is 0 Å². The first-order valence-electron chi connectivity index (χ1n) is 5.92. The van der Waals surface area contributed by atoms with Crippen molar-refractivity contribution in [3.8, 4) is 0 Å². The zero-order chi connectivity index (χ0) is 15.2. The molecule has 0 unspecified atom stereocenters. The molecule has 6 nitrogen and oxygen atoms in total. The molecule has 1 aliphatic rings. The molecule has 0 aliphatic carbocycles. The lowest BCUT2D eigenvalue weighted by Gasteiger charge is -2.14. The summed E-state index contributed by atoms with van der Waals surface area (Å²) in [5.74, 6) is -1.37. The lowest BCUT2D eigenvalue weighted by molar-refractivity contribution is -0.148. The van der Waals surface area contributed by atoms with Crippen molar-refractivity contribution in [1.82, 2.24) is 0 Å². The second-order valence-corrected chi connectivity index (χ2v) is 4.86. The van der Waals surface area contributed by atoms with Crippen molar-refractivity contribution in [3.05, 3.63) is 40.3 Å². The molecule has 1 aromatic rings. The molecule has 0 radical (unpaired) electrons. The highest BCUT2D eigenvalue weighted by atomic mass is 35.5. The van der Waals surface area contributed by atoms with Crippen LogP contribution in [0.2, 0.25) is 10.0 Å². The maximum Gasteiger partial charge on any atom is 0.377 e. The van der Waals surface area contributed by atoms with Crippen molar-refractivity contribution < 1.29 is 23.8 Å². The highest BCUT2D eigenvalue weighted by Gasteiger charge is 2.18. The standard InChI is InChI=1S/C13H11Cl2NO5/c14-8-3-9(15)5-10(4-8)16-12(17)7-21-13(18)11-6-19-1-2-20-11/h3-6H,1-2,7H2,(H,16,17). The highest BCUT2D eigenvalue weighted by molar-refractivity contribution is 6.35. The van der Waals surface area contributed by atoms with Gasteiger partial charge in [0.25, 0.3) is 5.91 Å².